The third-order valence-corrected chi connectivity index (χ3v) is 4.49. The molecule has 1 aromatic carbocycles. The van der Waals surface area contributed by atoms with E-state index in [-0.39, 0.29) is 6.10 Å². The Balaban J connectivity index is 2.14. The van der Waals surface area contributed by atoms with Gasteiger partial charge in [-0.15, -0.1) is 0 Å². The lowest BCUT2D eigenvalue weighted by molar-refractivity contribution is 0.150. The van der Waals surface area contributed by atoms with Gasteiger partial charge in [-0.05, 0) is 50.4 Å². The molecule has 4 bridgehead atoms. The molecule has 0 aliphatic carbocycles. The third kappa shape index (κ3) is 3.08. The fourth-order valence-electron chi connectivity index (χ4n) is 3.33. The van der Waals surface area contributed by atoms with Crippen molar-refractivity contribution in [3.05, 3.63) is 29.3 Å². The molecule has 2 aliphatic heterocycles. The average molecular weight is 287 g/mol. The molecule has 0 spiro atoms. The van der Waals surface area contributed by atoms with Crippen molar-refractivity contribution in [3.63, 3.8) is 0 Å². The lowest BCUT2D eigenvalue weighted by atomic mass is 9.94. The van der Waals surface area contributed by atoms with Crippen LogP contribution in [-0.4, -0.2) is 31.7 Å². The van der Waals surface area contributed by atoms with Crippen LogP contribution in [0.5, 0.6) is 11.5 Å². The number of ether oxygens (including phenoxy) is 2. The first kappa shape index (κ1) is 14.5. The second-order valence-electron chi connectivity index (χ2n) is 6.36. The molecule has 3 nitrogen and oxygen atoms in total. The van der Waals surface area contributed by atoms with E-state index in [9.17, 15) is 0 Å². The molecule has 2 heterocycles. The zero-order valence-corrected chi connectivity index (χ0v) is 13.3. The van der Waals surface area contributed by atoms with Crippen molar-refractivity contribution in [2.45, 2.75) is 38.8 Å². The fourth-order valence-corrected chi connectivity index (χ4v) is 3.33. The van der Waals surface area contributed by atoms with Crippen LogP contribution in [0.15, 0.2) is 18.2 Å². The number of hydrogen-bond acceptors (Lipinski definition) is 3. The van der Waals surface area contributed by atoms with Gasteiger partial charge < -0.3 is 14.4 Å². The maximum atomic E-state index is 6.39. The molecule has 0 saturated carbocycles. The molecular formula is C18H25NO2. The van der Waals surface area contributed by atoms with E-state index in [0.29, 0.717) is 5.92 Å². The Bertz CT molecular complexity index is 538. The lowest BCUT2D eigenvalue weighted by Crippen LogP contribution is -2.27. The van der Waals surface area contributed by atoms with Crippen LogP contribution in [0.25, 0.3) is 6.08 Å². The summed E-state index contributed by atoms with van der Waals surface area (Å²) in [6.45, 7) is 4.35. The number of benzene rings is 1. The standard InChI is InChI=1S/C18H25NO2/c1-13-6-8-16-14-7-9-17(20-3)18(16)21-15(11-13)5-4-10-19(2)12-14/h6-9,13,15H,4-5,10-12H2,1-3H3/t13?,15-/m1/s1. The first-order valence-electron chi connectivity index (χ1n) is 7.90. The van der Waals surface area contributed by atoms with Crippen LogP contribution in [0.3, 0.4) is 0 Å². The van der Waals surface area contributed by atoms with Crippen molar-refractivity contribution < 1.29 is 9.47 Å². The summed E-state index contributed by atoms with van der Waals surface area (Å²) in [5.74, 6) is 2.33. The largest absolute Gasteiger partial charge is 0.493 e. The van der Waals surface area contributed by atoms with Crippen LogP contribution in [0.1, 0.15) is 37.3 Å². The van der Waals surface area contributed by atoms with Crippen molar-refractivity contribution >= 4 is 6.08 Å². The molecule has 0 fully saturated rings. The molecule has 2 aliphatic rings. The molecule has 0 N–H and O–H groups in total. The van der Waals surface area contributed by atoms with Gasteiger partial charge in [-0.3, -0.25) is 0 Å². The molecule has 114 valence electrons. The summed E-state index contributed by atoms with van der Waals surface area (Å²) in [4.78, 5) is 2.40. The number of methoxy groups -OCH3 is 1. The zero-order chi connectivity index (χ0) is 14.8. The monoisotopic (exact) mass is 287 g/mol. The van der Waals surface area contributed by atoms with Crippen LogP contribution in [-0.2, 0) is 6.54 Å². The smallest absolute Gasteiger partial charge is 0.169 e. The Hall–Kier alpha value is -1.48. The first-order valence-corrected chi connectivity index (χ1v) is 7.90. The van der Waals surface area contributed by atoms with E-state index in [2.05, 4.69) is 37.1 Å². The fraction of sp³-hybridized carbons (Fsp3) is 0.556. The van der Waals surface area contributed by atoms with Gasteiger partial charge in [-0.1, -0.05) is 25.1 Å². The van der Waals surface area contributed by atoms with Gasteiger partial charge in [0.25, 0.3) is 0 Å². The summed E-state index contributed by atoms with van der Waals surface area (Å²) in [6, 6.07) is 4.21. The highest BCUT2D eigenvalue weighted by Gasteiger charge is 2.23. The highest BCUT2D eigenvalue weighted by atomic mass is 16.5. The van der Waals surface area contributed by atoms with Gasteiger partial charge in [-0.25, -0.2) is 0 Å². The number of hydrogen-bond donors (Lipinski definition) is 0. The van der Waals surface area contributed by atoms with Gasteiger partial charge in [0.2, 0.25) is 0 Å². The molecule has 3 rings (SSSR count). The van der Waals surface area contributed by atoms with E-state index in [1.807, 2.05) is 6.07 Å². The summed E-state index contributed by atoms with van der Waals surface area (Å²) in [5.41, 5.74) is 2.51. The van der Waals surface area contributed by atoms with Crippen LogP contribution in [0.2, 0.25) is 0 Å². The van der Waals surface area contributed by atoms with E-state index in [4.69, 9.17) is 9.47 Å². The lowest BCUT2D eigenvalue weighted by Gasteiger charge is -2.29. The van der Waals surface area contributed by atoms with Crippen molar-refractivity contribution in [1.29, 1.82) is 0 Å². The minimum atomic E-state index is 0.277. The van der Waals surface area contributed by atoms with Gasteiger partial charge in [0.1, 0.15) is 0 Å². The Morgan fingerprint density at radius 3 is 3.00 bits per heavy atom. The highest BCUT2D eigenvalue weighted by molar-refractivity contribution is 5.66. The molecular weight excluding hydrogens is 262 g/mol. The maximum Gasteiger partial charge on any atom is 0.169 e. The Morgan fingerprint density at radius 2 is 2.19 bits per heavy atom. The van der Waals surface area contributed by atoms with Gasteiger partial charge in [-0.2, -0.15) is 0 Å². The number of nitrogens with zero attached hydrogens (tertiary/aromatic N) is 1. The average Bonchev–Trinajstić information content (AvgIpc) is 2.43. The van der Waals surface area contributed by atoms with Crippen molar-refractivity contribution in [3.8, 4) is 11.5 Å². The van der Waals surface area contributed by atoms with Gasteiger partial charge in [0.15, 0.2) is 11.5 Å². The van der Waals surface area contributed by atoms with Crippen LogP contribution >= 0.6 is 0 Å². The summed E-state index contributed by atoms with van der Waals surface area (Å²) < 4.78 is 11.9. The van der Waals surface area contributed by atoms with Crippen molar-refractivity contribution in [2.75, 3.05) is 20.7 Å². The van der Waals surface area contributed by atoms with E-state index < -0.39 is 0 Å². The van der Waals surface area contributed by atoms with Crippen LogP contribution in [0, 0.1) is 5.92 Å². The summed E-state index contributed by atoms with van der Waals surface area (Å²) in [6.07, 6.45) is 8.18. The predicted molar refractivity (Wildman–Crippen MR) is 85.8 cm³/mol. The highest BCUT2D eigenvalue weighted by Crippen LogP contribution is 2.39. The van der Waals surface area contributed by atoms with E-state index in [0.717, 1.165) is 37.4 Å². The topological polar surface area (TPSA) is 21.7 Å². The number of allylic oxidation sites excluding steroid dienone is 1. The molecule has 2 atom stereocenters. The Kier molecular flexibility index (Phi) is 4.20. The van der Waals surface area contributed by atoms with E-state index in [1.54, 1.807) is 7.11 Å². The number of rotatable bonds is 1. The second-order valence-corrected chi connectivity index (χ2v) is 6.36. The van der Waals surface area contributed by atoms with E-state index >= 15 is 0 Å². The van der Waals surface area contributed by atoms with Gasteiger partial charge in [0.05, 0.1) is 13.2 Å². The molecule has 1 unspecified atom stereocenters. The molecule has 1 aromatic rings. The van der Waals surface area contributed by atoms with E-state index in [1.165, 1.54) is 17.5 Å². The first-order chi connectivity index (χ1) is 10.2. The Morgan fingerprint density at radius 1 is 1.33 bits per heavy atom. The summed E-state index contributed by atoms with van der Waals surface area (Å²) in [5, 5.41) is 0. The number of fused-ring (bicyclic) bond motifs is 1. The Labute approximate surface area is 127 Å². The molecule has 0 radical (unpaired) electrons. The molecule has 0 amide bonds. The van der Waals surface area contributed by atoms with Crippen molar-refractivity contribution in [2.24, 2.45) is 5.92 Å². The quantitative estimate of drug-likeness (QED) is 0.785. The maximum absolute atomic E-state index is 6.39. The predicted octanol–water partition coefficient (Wildman–Crippen LogP) is 3.72. The third-order valence-electron chi connectivity index (χ3n) is 4.49. The van der Waals surface area contributed by atoms with Crippen molar-refractivity contribution in [1.82, 2.24) is 4.90 Å². The minimum absolute atomic E-state index is 0.277. The van der Waals surface area contributed by atoms with Crippen LogP contribution in [0.4, 0.5) is 0 Å². The second kappa shape index (κ2) is 6.10. The SMILES string of the molecule is COc1ccc2c3c1O[C@H](CCCN(C)C2)CC(C)C=C3. The summed E-state index contributed by atoms with van der Waals surface area (Å²) >= 11 is 0. The van der Waals surface area contributed by atoms with Gasteiger partial charge >= 0.3 is 0 Å². The molecule has 0 saturated heterocycles. The molecule has 3 heteroatoms. The minimum Gasteiger partial charge on any atom is -0.493 e. The molecule has 0 aromatic heterocycles. The molecule has 21 heavy (non-hydrogen) atoms. The normalized spacial score (nSPS) is 25.9. The van der Waals surface area contributed by atoms with Gasteiger partial charge in [0, 0.05) is 12.1 Å². The van der Waals surface area contributed by atoms with Crippen LogP contribution < -0.4 is 9.47 Å². The zero-order valence-electron chi connectivity index (χ0n) is 13.3. The summed E-state index contributed by atoms with van der Waals surface area (Å²) in [7, 11) is 3.92.